The average Bonchev–Trinajstić information content (AvgIpc) is 3.08. The normalized spacial score (nSPS) is 11.0. The quantitative estimate of drug-likeness (QED) is 0.621. The summed E-state index contributed by atoms with van der Waals surface area (Å²) in [5.41, 5.74) is 5.40. The van der Waals surface area contributed by atoms with E-state index in [2.05, 4.69) is 21.4 Å². The molecule has 28 heavy (non-hydrogen) atoms. The van der Waals surface area contributed by atoms with Crippen LogP contribution in [0.2, 0.25) is 0 Å². The van der Waals surface area contributed by atoms with Crippen LogP contribution in [-0.4, -0.2) is 21.6 Å². The van der Waals surface area contributed by atoms with Crippen LogP contribution in [0, 0.1) is 32.1 Å². The number of pyridine rings is 1. The first-order valence-electron chi connectivity index (χ1n) is 9.01. The lowest BCUT2D eigenvalue weighted by atomic mass is 10.1. The van der Waals surface area contributed by atoms with E-state index < -0.39 is 0 Å². The minimum absolute atomic E-state index is 0.164. The van der Waals surface area contributed by atoms with Gasteiger partial charge in [0.15, 0.2) is 11.5 Å². The Balaban J connectivity index is 1.71. The number of nitriles is 1. The van der Waals surface area contributed by atoms with Gasteiger partial charge >= 0.3 is 0 Å². The zero-order valence-electron chi connectivity index (χ0n) is 16.6. The molecule has 0 aliphatic rings. The van der Waals surface area contributed by atoms with Crippen LogP contribution in [0.5, 0.6) is 0 Å². The number of nitrogens with one attached hydrogen (secondary N) is 1. The smallest absolute Gasteiger partial charge is 0.234 e. The monoisotopic (exact) mass is 394 g/mol. The molecule has 0 aliphatic carbocycles. The standard InChI is InChI=1S/C21H22N4O2S/c1-11(2)20-25-17-8-15(6-7-18(17)27-20)24-19(26)10-28-21-16(9-22)13(4)12(3)14(5)23-21/h6-8,11H,10H2,1-5H3,(H,24,26). The number of rotatable bonds is 5. The number of carbonyl (C=O) groups is 1. The van der Waals surface area contributed by atoms with E-state index >= 15 is 0 Å². The number of hydrogen-bond donors (Lipinski definition) is 1. The van der Waals surface area contributed by atoms with Gasteiger partial charge in [-0.05, 0) is 50.1 Å². The van der Waals surface area contributed by atoms with Crippen molar-refractivity contribution in [2.24, 2.45) is 0 Å². The molecule has 1 amide bonds. The van der Waals surface area contributed by atoms with Gasteiger partial charge in [0, 0.05) is 17.3 Å². The number of hydrogen-bond acceptors (Lipinski definition) is 6. The number of thioether (sulfide) groups is 1. The summed E-state index contributed by atoms with van der Waals surface area (Å²) in [4.78, 5) is 21.3. The van der Waals surface area contributed by atoms with E-state index in [-0.39, 0.29) is 17.6 Å². The van der Waals surface area contributed by atoms with Crippen LogP contribution in [0.25, 0.3) is 11.1 Å². The van der Waals surface area contributed by atoms with Gasteiger partial charge in [0.2, 0.25) is 5.91 Å². The molecular formula is C21H22N4O2S. The van der Waals surface area contributed by atoms with Crippen molar-refractivity contribution in [1.29, 1.82) is 5.26 Å². The Morgan fingerprint density at radius 1 is 1.25 bits per heavy atom. The Morgan fingerprint density at radius 3 is 2.68 bits per heavy atom. The van der Waals surface area contributed by atoms with Crippen LogP contribution in [-0.2, 0) is 4.79 Å². The highest BCUT2D eigenvalue weighted by molar-refractivity contribution is 8.00. The summed E-state index contributed by atoms with van der Waals surface area (Å²) in [6, 6.07) is 7.60. The summed E-state index contributed by atoms with van der Waals surface area (Å²) in [6.07, 6.45) is 0. The third-order valence-electron chi connectivity index (χ3n) is 4.60. The van der Waals surface area contributed by atoms with E-state index in [0.717, 1.165) is 16.8 Å². The first-order chi connectivity index (χ1) is 13.3. The van der Waals surface area contributed by atoms with Crippen molar-refractivity contribution in [1.82, 2.24) is 9.97 Å². The SMILES string of the molecule is Cc1nc(SCC(=O)Nc2ccc3oc(C(C)C)nc3c2)c(C#N)c(C)c1C. The van der Waals surface area contributed by atoms with Gasteiger partial charge in [-0.3, -0.25) is 4.79 Å². The Morgan fingerprint density at radius 2 is 2.00 bits per heavy atom. The molecule has 0 radical (unpaired) electrons. The fourth-order valence-electron chi connectivity index (χ4n) is 2.75. The van der Waals surface area contributed by atoms with Crippen molar-refractivity contribution in [3.63, 3.8) is 0 Å². The molecule has 2 heterocycles. The number of aryl methyl sites for hydroxylation is 1. The summed E-state index contributed by atoms with van der Waals surface area (Å²) in [6.45, 7) is 9.80. The lowest BCUT2D eigenvalue weighted by molar-refractivity contribution is -0.113. The van der Waals surface area contributed by atoms with Crippen LogP contribution in [0.1, 0.15) is 48.0 Å². The number of oxazole rings is 1. The summed E-state index contributed by atoms with van der Waals surface area (Å²) >= 11 is 1.27. The molecule has 0 aliphatic heterocycles. The second kappa shape index (κ2) is 8.03. The predicted molar refractivity (Wildman–Crippen MR) is 111 cm³/mol. The first kappa shape index (κ1) is 19.9. The maximum atomic E-state index is 12.4. The zero-order valence-corrected chi connectivity index (χ0v) is 17.4. The molecule has 1 N–H and O–H groups in total. The fraction of sp³-hybridized carbons (Fsp3) is 0.333. The highest BCUT2D eigenvalue weighted by atomic mass is 32.2. The number of benzene rings is 1. The Bertz CT molecular complexity index is 1100. The summed E-state index contributed by atoms with van der Waals surface area (Å²) in [7, 11) is 0. The second-order valence-electron chi connectivity index (χ2n) is 6.97. The molecule has 1 aromatic carbocycles. The van der Waals surface area contributed by atoms with Crippen molar-refractivity contribution in [2.75, 3.05) is 11.1 Å². The Labute approximate surface area is 168 Å². The van der Waals surface area contributed by atoms with Crippen molar-refractivity contribution < 1.29 is 9.21 Å². The summed E-state index contributed by atoms with van der Waals surface area (Å²) in [5, 5.41) is 12.9. The molecule has 0 bridgehead atoms. The van der Waals surface area contributed by atoms with E-state index in [1.807, 2.05) is 34.6 Å². The molecule has 7 heteroatoms. The van der Waals surface area contributed by atoms with Gasteiger partial charge in [-0.2, -0.15) is 5.26 Å². The van der Waals surface area contributed by atoms with Gasteiger partial charge in [-0.15, -0.1) is 0 Å². The Kier molecular flexibility index (Phi) is 5.71. The number of nitrogens with zero attached hydrogens (tertiary/aromatic N) is 3. The van der Waals surface area contributed by atoms with Gasteiger partial charge < -0.3 is 9.73 Å². The minimum atomic E-state index is -0.168. The second-order valence-corrected chi connectivity index (χ2v) is 7.93. The summed E-state index contributed by atoms with van der Waals surface area (Å²) in [5.74, 6) is 0.871. The van der Waals surface area contributed by atoms with Crippen LogP contribution < -0.4 is 5.32 Å². The lowest BCUT2D eigenvalue weighted by Crippen LogP contribution is -2.14. The predicted octanol–water partition coefficient (Wildman–Crippen LogP) is 4.87. The fourth-order valence-corrected chi connectivity index (χ4v) is 3.63. The topological polar surface area (TPSA) is 91.8 Å². The maximum Gasteiger partial charge on any atom is 0.234 e. The van der Waals surface area contributed by atoms with Crippen molar-refractivity contribution in [3.8, 4) is 6.07 Å². The van der Waals surface area contributed by atoms with E-state index in [9.17, 15) is 10.1 Å². The molecule has 6 nitrogen and oxygen atoms in total. The molecule has 0 atom stereocenters. The third-order valence-corrected chi connectivity index (χ3v) is 5.57. The van der Waals surface area contributed by atoms with E-state index in [4.69, 9.17) is 4.42 Å². The van der Waals surface area contributed by atoms with Gasteiger partial charge in [0.05, 0.1) is 11.3 Å². The number of fused-ring (bicyclic) bond motifs is 1. The average molecular weight is 395 g/mol. The molecule has 0 spiro atoms. The highest BCUT2D eigenvalue weighted by Crippen LogP contribution is 2.27. The zero-order chi connectivity index (χ0) is 20.4. The van der Waals surface area contributed by atoms with Crippen molar-refractivity contribution in [3.05, 3.63) is 46.5 Å². The van der Waals surface area contributed by atoms with E-state index in [1.54, 1.807) is 18.2 Å². The van der Waals surface area contributed by atoms with Gasteiger partial charge in [0.1, 0.15) is 16.6 Å². The van der Waals surface area contributed by atoms with E-state index in [0.29, 0.717) is 33.3 Å². The highest BCUT2D eigenvalue weighted by Gasteiger charge is 2.15. The largest absolute Gasteiger partial charge is 0.440 e. The molecule has 0 unspecified atom stereocenters. The van der Waals surface area contributed by atoms with Crippen molar-refractivity contribution in [2.45, 2.75) is 45.6 Å². The summed E-state index contributed by atoms with van der Waals surface area (Å²) < 4.78 is 5.69. The number of anilines is 1. The van der Waals surface area contributed by atoms with Crippen LogP contribution in [0.15, 0.2) is 27.6 Å². The van der Waals surface area contributed by atoms with Gasteiger partial charge in [-0.1, -0.05) is 25.6 Å². The van der Waals surface area contributed by atoms with Crippen molar-refractivity contribution >= 4 is 34.5 Å². The Hall–Kier alpha value is -2.85. The minimum Gasteiger partial charge on any atom is -0.440 e. The van der Waals surface area contributed by atoms with Crippen LogP contribution in [0.4, 0.5) is 5.69 Å². The molecule has 3 rings (SSSR count). The molecule has 0 saturated heterocycles. The molecule has 144 valence electrons. The molecular weight excluding hydrogens is 372 g/mol. The maximum absolute atomic E-state index is 12.4. The number of carbonyl (C=O) groups excluding carboxylic acids is 1. The van der Waals surface area contributed by atoms with E-state index in [1.165, 1.54) is 11.8 Å². The van der Waals surface area contributed by atoms with Crippen LogP contribution >= 0.6 is 11.8 Å². The molecule has 0 fully saturated rings. The van der Waals surface area contributed by atoms with Gasteiger partial charge in [0.25, 0.3) is 0 Å². The number of aromatic nitrogens is 2. The van der Waals surface area contributed by atoms with Gasteiger partial charge in [-0.25, -0.2) is 9.97 Å². The lowest BCUT2D eigenvalue weighted by Gasteiger charge is -2.11. The molecule has 0 saturated carbocycles. The number of amides is 1. The first-order valence-corrected chi connectivity index (χ1v) is 9.99. The molecule has 3 aromatic rings. The third kappa shape index (κ3) is 4.02. The van der Waals surface area contributed by atoms with Crippen LogP contribution in [0.3, 0.4) is 0 Å². The molecule has 2 aromatic heterocycles.